The average Bonchev–Trinajstić information content (AvgIpc) is 3.73. The van der Waals surface area contributed by atoms with Gasteiger partial charge < -0.3 is 20.7 Å². The number of benzene rings is 3. The molecule has 2 atom stereocenters. The Morgan fingerprint density at radius 1 is 0.839 bits per heavy atom. The van der Waals surface area contributed by atoms with Crippen LogP contribution in [0.1, 0.15) is 78.1 Å². The van der Waals surface area contributed by atoms with Crippen LogP contribution in [0.15, 0.2) is 79.1 Å². The van der Waals surface area contributed by atoms with Crippen molar-refractivity contribution in [3.05, 3.63) is 90.3 Å². The fourth-order valence-corrected chi connectivity index (χ4v) is 8.72. The van der Waals surface area contributed by atoms with Crippen molar-refractivity contribution in [3.63, 3.8) is 0 Å². The first-order valence-corrected chi connectivity index (χ1v) is 19.5. The van der Waals surface area contributed by atoms with Crippen molar-refractivity contribution >= 4 is 46.2 Å². The van der Waals surface area contributed by atoms with Crippen LogP contribution in [0.25, 0.3) is 22.3 Å². The van der Waals surface area contributed by atoms with Gasteiger partial charge in [0.25, 0.3) is 11.8 Å². The first-order chi connectivity index (χ1) is 27.3. The zero-order valence-corrected chi connectivity index (χ0v) is 30.9. The molecule has 56 heavy (non-hydrogen) atoms. The smallest absolute Gasteiger partial charge is 0.262 e. The van der Waals surface area contributed by atoms with E-state index in [-0.39, 0.29) is 24.9 Å². The summed E-state index contributed by atoms with van der Waals surface area (Å²) in [6.07, 6.45) is 7.86. The van der Waals surface area contributed by atoms with Gasteiger partial charge in [-0.05, 0) is 112 Å². The number of carbonyl (C=O) groups excluding carboxylic acids is 4. The number of fused-ring (bicyclic) bond motifs is 2. The van der Waals surface area contributed by atoms with Gasteiger partial charge >= 0.3 is 0 Å². The monoisotopic (exact) mass is 753 g/mol. The summed E-state index contributed by atoms with van der Waals surface area (Å²) in [5, 5.41) is 12.0. The minimum atomic E-state index is -0.976. The first-order valence-electron chi connectivity index (χ1n) is 19.5. The van der Waals surface area contributed by atoms with Crippen LogP contribution < -0.4 is 26.0 Å². The molecule has 5 aromatic rings. The van der Waals surface area contributed by atoms with E-state index in [1.54, 1.807) is 12.1 Å². The Morgan fingerprint density at radius 3 is 2.39 bits per heavy atom. The molecule has 4 amide bonds. The highest BCUT2D eigenvalue weighted by Crippen LogP contribution is 2.38. The fourth-order valence-electron chi connectivity index (χ4n) is 8.72. The van der Waals surface area contributed by atoms with E-state index < -0.39 is 29.7 Å². The molecule has 0 bridgehead atoms. The molecule has 9 rings (SSSR count). The number of amides is 4. The Balaban J connectivity index is 0.817. The van der Waals surface area contributed by atoms with E-state index in [0.29, 0.717) is 22.9 Å². The number of anilines is 2. The predicted octanol–water partition coefficient (Wildman–Crippen LogP) is 5.26. The molecule has 3 fully saturated rings. The van der Waals surface area contributed by atoms with Crippen LogP contribution in [0.2, 0.25) is 0 Å². The number of carbonyl (C=O) groups is 4. The summed E-state index contributed by atoms with van der Waals surface area (Å²) in [7, 11) is 0. The summed E-state index contributed by atoms with van der Waals surface area (Å²) in [4.78, 5) is 63.0. The van der Waals surface area contributed by atoms with Crippen LogP contribution in [-0.2, 0) is 9.59 Å². The van der Waals surface area contributed by atoms with Gasteiger partial charge in [-0.15, -0.1) is 0 Å². The lowest BCUT2D eigenvalue weighted by Crippen LogP contribution is -2.54. The largest absolute Gasteiger partial charge is 0.457 e. The van der Waals surface area contributed by atoms with E-state index in [1.165, 1.54) is 6.33 Å². The van der Waals surface area contributed by atoms with Gasteiger partial charge in [-0.3, -0.25) is 29.4 Å². The van der Waals surface area contributed by atoms with Crippen molar-refractivity contribution in [2.45, 2.75) is 69.5 Å². The molecular formula is C42H43N9O5. The number of hydrogen-bond donors (Lipinski definition) is 3. The van der Waals surface area contributed by atoms with Crippen molar-refractivity contribution in [2.24, 2.45) is 5.92 Å². The molecule has 0 radical (unpaired) electrons. The lowest BCUT2D eigenvalue weighted by molar-refractivity contribution is -0.136. The van der Waals surface area contributed by atoms with E-state index in [0.717, 1.165) is 103 Å². The Labute approximate surface area is 323 Å². The van der Waals surface area contributed by atoms with Gasteiger partial charge in [-0.2, -0.15) is 5.10 Å². The third-order valence-electron chi connectivity index (χ3n) is 11.7. The quantitative estimate of drug-likeness (QED) is 0.167. The minimum absolute atomic E-state index is 0.0918. The number of piperidine rings is 2. The Hall–Kier alpha value is -6.15. The standard InChI is InChI=1S/C42H43N9O5/c43-38-36-37(26-10-15-31(16-11-26)56-30-6-2-1-3-7-30)48-51(39(36)46-24-45-38)28-12-8-25(9-13-28)22-44-27-5-4-20-49(23-27)29-14-17-32-33(21-29)42(55)50(41(32)54)34-18-19-35(52)47-40(34)53/h1-3,6-7,10-11,14-17,21,24-25,27-28,34,44H,4-5,8-9,12-13,18-20,22-23H2,(H2,43,45,46)(H,47,52,53)/t25?,27-,28?,34?/m1/s1. The average molecular weight is 754 g/mol. The molecule has 14 nitrogen and oxygen atoms in total. The topological polar surface area (TPSA) is 178 Å². The second kappa shape index (κ2) is 14.8. The molecule has 1 unspecified atom stereocenters. The van der Waals surface area contributed by atoms with Crippen LogP contribution in [-0.4, -0.2) is 80.0 Å². The molecule has 14 heteroatoms. The van der Waals surface area contributed by atoms with Crippen LogP contribution >= 0.6 is 0 Å². The van der Waals surface area contributed by atoms with Gasteiger partial charge in [0.1, 0.15) is 35.4 Å². The van der Waals surface area contributed by atoms with Crippen molar-refractivity contribution in [1.82, 2.24) is 35.3 Å². The summed E-state index contributed by atoms with van der Waals surface area (Å²) >= 11 is 0. The Morgan fingerprint density at radius 2 is 1.61 bits per heavy atom. The van der Waals surface area contributed by atoms with E-state index in [4.69, 9.17) is 15.6 Å². The predicted molar refractivity (Wildman–Crippen MR) is 209 cm³/mol. The number of rotatable bonds is 9. The van der Waals surface area contributed by atoms with Crippen molar-refractivity contribution in [2.75, 3.05) is 30.3 Å². The number of nitrogen functional groups attached to an aromatic ring is 1. The van der Waals surface area contributed by atoms with Gasteiger partial charge in [0.2, 0.25) is 11.8 Å². The van der Waals surface area contributed by atoms with Gasteiger partial charge in [0, 0.05) is 36.8 Å². The second-order valence-corrected chi connectivity index (χ2v) is 15.2. The van der Waals surface area contributed by atoms with Crippen molar-refractivity contribution in [3.8, 4) is 22.8 Å². The van der Waals surface area contributed by atoms with E-state index in [1.807, 2.05) is 60.7 Å². The van der Waals surface area contributed by atoms with Crippen molar-refractivity contribution < 1.29 is 23.9 Å². The van der Waals surface area contributed by atoms with E-state index in [9.17, 15) is 19.2 Å². The maximum atomic E-state index is 13.4. The summed E-state index contributed by atoms with van der Waals surface area (Å²) in [5.74, 6) is 0.481. The summed E-state index contributed by atoms with van der Waals surface area (Å²) in [5.41, 5.74) is 10.4. The molecule has 0 spiro atoms. The Bertz CT molecular complexity index is 2320. The molecular weight excluding hydrogens is 711 g/mol. The summed E-state index contributed by atoms with van der Waals surface area (Å²) in [6.45, 7) is 2.55. The molecule has 2 aromatic heterocycles. The Kier molecular flexibility index (Phi) is 9.41. The van der Waals surface area contributed by atoms with Crippen LogP contribution in [0, 0.1) is 5.92 Å². The molecule has 1 saturated carbocycles. The second-order valence-electron chi connectivity index (χ2n) is 15.2. The maximum Gasteiger partial charge on any atom is 0.262 e. The maximum absolute atomic E-state index is 13.4. The number of nitrogens with two attached hydrogens (primary N) is 1. The number of hydrogen-bond acceptors (Lipinski definition) is 11. The van der Waals surface area contributed by atoms with E-state index >= 15 is 0 Å². The minimum Gasteiger partial charge on any atom is -0.457 e. The highest BCUT2D eigenvalue weighted by Gasteiger charge is 2.45. The molecule has 4 aliphatic rings. The number of ether oxygens (including phenoxy) is 1. The van der Waals surface area contributed by atoms with Gasteiger partial charge in [-0.25, -0.2) is 14.6 Å². The highest BCUT2D eigenvalue weighted by molar-refractivity contribution is 6.23. The van der Waals surface area contributed by atoms with Gasteiger partial charge in [0.05, 0.1) is 22.6 Å². The third-order valence-corrected chi connectivity index (χ3v) is 11.7. The fraction of sp³-hybridized carbons (Fsp3) is 0.357. The normalized spacial score (nSPS) is 22.7. The molecule has 4 N–H and O–H groups in total. The zero-order valence-electron chi connectivity index (χ0n) is 30.9. The van der Waals surface area contributed by atoms with E-state index in [2.05, 4.69) is 30.2 Å². The summed E-state index contributed by atoms with van der Waals surface area (Å²) in [6, 6.07) is 22.4. The molecule has 3 aromatic carbocycles. The molecule has 2 saturated heterocycles. The van der Waals surface area contributed by atoms with Crippen LogP contribution in [0.5, 0.6) is 11.5 Å². The highest BCUT2D eigenvalue weighted by atomic mass is 16.5. The molecule has 1 aliphatic carbocycles. The number of aromatic nitrogens is 4. The lowest BCUT2D eigenvalue weighted by atomic mass is 9.85. The number of imide groups is 2. The number of nitrogens with zero attached hydrogens (tertiary/aromatic N) is 6. The van der Waals surface area contributed by atoms with Gasteiger partial charge in [0.15, 0.2) is 5.65 Å². The molecule has 3 aliphatic heterocycles. The number of para-hydroxylation sites is 1. The SMILES string of the molecule is Nc1ncnc2c1c(-c1ccc(Oc3ccccc3)cc1)nn2C1CCC(CN[C@@H]2CCCN(c3ccc4c(c3)C(=O)N(C3CCC(=O)NC3=O)C4=O)C2)CC1. The van der Waals surface area contributed by atoms with Crippen LogP contribution in [0.4, 0.5) is 11.5 Å². The van der Waals surface area contributed by atoms with Crippen LogP contribution in [0.3, 0.4) is 0 Å². The first kappa shape index (κ1) is 35.5. The third kappa shape index (κ3) is 6.74. The lowest BCUT2D eigenvalue weighted by Gasteiger charge is -2.36. The summed E-state index contributed by atoms with van der Waals surface area (Å²) < 4.78 is 8.05. The van der Waals surface area contributed by atoms with Crippen molar-refractivity contribution in [1.29, 1.82) is 0 Å². The zero-order chi connectivity index (χ0) is 38.3. The molecule has 5 heterocycles. The van der Waals surface area contributed by atoms with Gasteiger partial charge in [-0.1, -0.05) is 18.2 Å². The molecule has 286 valence electrons. The number of nitrogens with one attached hydrogen (secondary N) is 2.